The topological polar surface area (TPSA) is 68.5 Å². The van der Waals surface area contributed by atoms with Gasteiger partial charge in [0.1, 0.15) is 11.6 Å². The molecular weight excluding hydrogens is 314 g/mol. The van der Waals surface area contributed by atoms with Gasteiger partial charge in [-0.05, 0) is 39.4 Å². The van der Waals surface area contributed by atoms with E-state index in [1.165, 1.54) is 0 Å². The van der Waals surface area contributed by atoms with Crippen LogP contribution in [0.2, 0.25) is 0 Å². The number of amides is 1. The maximum Gasteiger partial charge on any atom is 0.411 e. The molecule has 2 unspecified atom stereocenters. The van der Waals surface area contributed by atoms with Crippen molar-refractivity contribution < 1.29 is 14.1 Å². The first-order valence-electron chi connectivity index (χ1n) is 8.00. The van der Waals surface area contributed by atoms with Gasteiger partial charge in [0.25, 0.3) is 0 Å². The Labute approximate surface area is 140 Å². The van der Waals surface area contributed by atoms with Crippen LogP contribution in [0, 0.1) is 0 Å². The Morgan fingerprint density at radius 3 is 2.96 bits per heavy atom. The van der Waals surface area contributed by atoms with Gasteiger partial charge in [0.15, 0.2) is 5.82 Å². The Hall–Kier alpha value is -1.50. The normalized spacial score (nSPS) is 24.9. The molecular formula is C16H23N3O3S. The lowest BCUT2D eigenvalue weighted by molar-refractivity contribution is 0.0143. The number of ether oxygens (including phenoxy) is 1. The molecule has 2 aliphatic heterocycles. The summed E-state index contributed by atoms with van der Waals surface area (Å²) < 4.78 is 11.0. The molecule has 1 fully saturated rings. The van der Waals surface area contributed by atoms with Crippen molar-refractivity contribution in [2.24, 2.45) is 0 Å². The van der Waals surface area contributed by atoms with Crippen LogP contribution < -0.4 is 0 Å². The Morgan fingerprint density at radius 2 is 2.26 bits per heavy atom. The third kappa shape index (κ3) is 3.88. The van der Waals surface area contributed by atoms with Gasteiger partial charge in [0, 0.05) is 18.2 Å². The Balaban J connectivity index is 1.76. The first-order chi connectivity index (χ1) is 10.9. The lowest BCUT2D eigenvalue weighted by atomic mass is 10.1. The van der Waals surface area contributed by atoms with Crippen LogP contribution in [0.3, 0.4) is 0 Å². The van der Waals surface area contributed by atoms with Crippen molar-refractivity contribution >= 4 is 17.9 Å². The molecule has 0 aliphatic carbocycles. The zero-order valence-corrected chi connectivity index (χ0v) is 14.6. The Morgan fingerprint density at radius 1 is 1.43 bits per heavy atom. The van der Waals surface area contributed by atoms with Crippen LogP contribution in [-0.4, -0.2) is 44.8 Å². The number of carbonyl (C=O) groups excluding carboxylic acids is 1. The zero-order chi connectivity index (χ0) is 16.4. The van der Waals surface area contributed by atoms with Crippen LogP contribution in [0.4, 0.5) is 4.79 Å². The van der Waals surface area contributed by atoms with E-state index in [-0.39, 0.29) is 12.1 Å². The van der Waals surface area contributed by atoms with E-state index in [1.54, 1.807) is 4.90 Å². The van der Waals surface area contributed by atoms with E-state index < -0.39 is 5.60 Å². The van der Waals surface area contributed by atoms with Crippen molar-refractivity contribution in [1.82, 2.24) is 15.0 Å². The molecule has 0 bridgehead atoms. The molecule has 3 heterocycles. The van der Waals surface area contributed by atoms with Gasteiger partial charge in [0.2, 0.25) is 5.89 Å². The summed E-state index contributed by atoms with van der Waals surface area (Å²) in [6.45, 7) is 6.09. The molecule has 6 nitrogen and oxygen atoms in total. The Bertz CT molecular complexity index is 588. The van der Waals surface area contributed by atoms with Crippen LogP contribution in [0.5, 0.6) is 0 Å². The summed E-state index contributed by atoms with van der Waals surface area (Å²) in [5.41, 5.74) is -0.524. The molecule has 0 radical (unpaired) electrons. The first kappa shape index (κ1) is 16.4. The number of carbonyl (C=O) groups is 1. The standard InChI is InChI=1S/C16H23N3O3S/c1-16(2,3)21-15(20)19-8-5-4-6-12(19)14-17-13(18-22-14)11-7-9-23-10-11/h4-5,11-12H,6-10H2,1-3H3. The molecule has 3 rings (SSSR count). The van der Waals surface area contributed by atoms with Crippen LogP contribution in [-0.2, 0) is 4.74 Å². The lowest BCUT2D eigenvalue weighted by Crippen LogP contribution is -2.40. The zero-order valence-electron chi connectivity index (χ0n) is 13.8. The van der Waals surface area contributed by atoms with Crippen molar-refractivity contribution in [3.8, 4) is 0 Å². The van der Waals surface area contributed by atoms with Gasteiger partial charge in [-0.25, -0.2) is 4.79 Å². The van der Waals surface area contributed by atoms with Crippen LogP contribution >= 0.6 is 11.8 Å². The van der Waals surface area contributed by atoms with E-state index in [0.717, 1.165) is 23.8 Å². The van der Waals surface area contributed by atoms with Gasteiger partial charge in [-0.3, -0.25) is 4.90 Å². The highest BCUT2D eigenvalue weighted by Gasteiger charge is 2.34. The van der Waals surface area contributed by atoms with Gasteiger partial charge in [-0.1, -0.05) is 17.3 Å². The Kier molecular flexibility index (Phi) is 4.66. The van der Waals surface area contributed by atoms with Crippen LogP contribution in [0.1, 0.15) is 57.3 Å². The van der Waals surface area contributed by atoms with Gasteiger partial charge < -0.3 is 9.26 Å². The number of hydrogen-bond acceptors (Lipinski definition) is 6. The summed E-state index contributed by atoms with van der Waals surface area (Å²) in [6.07, 6.45) is 5.42. The largest absolute Gasteiger partial charge is 0.444 e. The molecule has 1 aromatic heterocycles. The summed E-state index contributed by atoms with van der Waals surface area (Å²) in [5.74, 6) is 3.83. The van der Waals surface area contributed by atoms with E-state index in [1.807, 2.05) is 44.7 Å². The van der Waals surface area contributed by atoms with Crippen molar-refractivity contribution in [2.45, 2.75) is 51.2 Å². The molecule has 23 heavy (non-hydrogen) atoms. The highest BCUT2D eigenvalue weighted by molar-refractivity contribution is 7.99. The number of thioether (sulfide) groups is 1. The second-order valence-electron chi connectivity index (χ2n) is 6.91. The minimum absolute atomic E-state index is 0.245. The first-order valence-corrected chi connectivity index (χ1v) is 9.15. The molecule has 1 saturated heterocycles. The fraction of sp³-hybridized carbons (Fsp3) is 0.688. The lowest BCUT2D eigenvalue weighted by Gasteiger charge is -2.32. The van der Waals surface area contributed by atoms with Crippen LogP contribution in [0.25, 0.3) is 0 Å². The minimum atomic E-state index is -0.524. The van der Waals surface area contributed by atoms with E-state index in [0.29, 0.717) is 24.8 Å². The summed E-state index contributed by atoms with van der Waals surface area (Å²) in [4.78, 5) is 18.7. The predicted octanol–water partition coefficient (Wildman–Crippen LogP) is 3.53. The van der Waals surface area contributed by atoms with Crippen molar-refractivity contribution in [2.75, 3.05) is 18.1 Å². The molecule has 2 aliphatic rings. The van der Waals surface area contributed by atoms with Gasteiger partial charge in [0.05, 0.1) is 0 Å². The fourth-order valence-electron chi connectivity index (χ4n) is 2.71. The highest BCUT2D eigenvalue weighted by atomic mass is 32.2. The smallest absolute Gasteiger partial charge is 0.411 e. The third-order valence-electron chi connectivity index (χ3n) is 3.87. The van der Waals surface area contributed by atoms with Crippen molar-refractivity contribution in [3.05, 3.63) is 23.9 Å². The number of aromatic nitrogens is 2. The number of hydrogen-bond donors (Lipinski definition) is 0. The summed E-state index contributed by atoms with van der Waals surface area (Å²) in [5, 5.41) is 4.14. The highest BCUT2D eigenvalue weighted by Crippen LogP contribution is 2.33. The van der Waals surface area contributed by atoms with Gasteiger partial charge >= 0.3 is 6.09 Å². The van der Waals surface area contributed by atoms with E-state index in [4.69, 9.17) is 9.26 Å². The van der Waals surface area contributed by atoms with Gasteiger partial charge in [-0.15, -0.1) is 0 Å². The summed E-state index contributed by atoms with van der Waals surface area (Å²) in [6, 6.07) is -0.245. The van der Waals surface area contributed by atoms with E-state index in [2.05, 4.69) is 10.1 Å². The molecule has 0 N–H and O–H groups in total. The molecule has 0 saturated carbocycles. The average molecular weight is 337 g/mol. The third-order valence-corrected chi connectivity index (χ3v) is 5.03. The number of nitrogens with zero attached hydrogens (tertiary/aromatic N) is 3. The molecule has 1 aromatic rings. The van der Waals surface area contributed by atoms with E-state index >= 15 is 0 Å². The van der Waals surface area contributed by atoms with Crippen LogP contribution in [0.15, 0.2) is 16.7 Å². The average Bonchev–Trinajstić information content (AvgIpc) is 3.16. The second kappa shape index (κ2) is 6.55. The maximum absolute atomic E-state index is 12.4. The van der Waals surface area contributed by atoms with Gasteiger partial charge in [-0.2, -0.15) is 16.7 Å². The van der Waals surface area contributed by atoms with Crippen molar-refractivity contribution in [1.29, 1.82) is 0 Å². The molecule has 0 aromatic carbocycles. The second-order valence-corrected chi connectivity index (χ2v) is 8.06. The SMILES string of the molecule is CC(C)(C)OC(=O)N1CC=CCC1c1nc(C2CCSC2)no1. The molecule has 0 spiro atoms. The maximum atomic E-state index is 12.4. The summed E-state index contributed by atoms with van der Waals surface area (Å²) >= 11 is 1.92. The van der Waals surface area contributed by atoms with E-state index in [9.17, 15) is 4.79 Å². The molecule has 1 amide bonds. The number of rotatable bonds is 2. The molecule has 126 valence electrons. The monoisotopic (exact) mass is 337 g/mol. The quantitative estimate of drug-likeness (QED) is 0.769. The summed E-state index contributed by atoms with van der Waals surface area (Å²) in [7, 11) is 0. The molecule has 2 atom stereocenters. The minimum Gasteiger partial charge on any atom is -0.444 e. The predicted molar refractivity (Wildman–Crippen MR) is 88.4 cm³/mol. The van der Waals surface area contributed by atoms with Crippen molar-refractivity contribution in [3.63, 3.8) is 0 Å². The fourth-order valence-corrected chi connectivity index (χ4v) is 3.93. The molecule has 7 heteroatoms.